The molecule has 2 heterocycles. The van der Waals surface area contributed by atoms with E-state index in [0.717, 1.165) is 28.7 Å². The first-order valence-corrected chi connectivity index (χ1v) is 7.17. The van der Waals surface area contributed by atoms with E-state index in [1.165, 1.54) is 19.3 Å². The molecule has 2 aromatic heterocycles. The summed E-state index contributed by atoms with van der Waals surface area (Å²) in [7, 11) is 0. The predicted octanol–water partition coefficient (Wildman–Crippen LogP) is 3.32. The molecule has 102 valence electrons. The van der Waals surface area contributed by atoms with Crippen LogP contribution >= 0.6 is 0 Å². The van der Waals surface area contributed by atoms with Crippen molar-refractivity contribution < 1.29 is 0 Å². The van der Waals surface area contributed by atoms with Crippen molar-refractivity contribution in [1.82, 2.24) is 14.5 Å². The molecule has 0 aromatic carbocycles. The zero-order valence-corrected chi connectivity index (χ0v) is 11.9. The van der Waals surface area contributed by atoms with Gasteiger partial charge in [-0.2, -0.15) is 0 Å². The molecule has 3 rings (SSSR count). The van der Waals surface area contributed by atoms with Crippen molar-refractivity contribution in [2.75, 3.05) is 5.73 Å². The van der Waals surface area contributed by atoms with Crippen LogP contribution in [-0.4, -0.2) is 14.5 Å². The summed E-state index contributed by atoms with van der Waals surface area (Å²) in [6.07, 6.45) is 3.61. The van der Waals surface area contributed by atoms with Gasteiger partial charge in [-0.3, -0.25) is 4.57 Å². The van der Waals surface area contributed by atoms with Crippen LogP contribution in [0.25, 0.3) is 11.2 Å². The van der Waals surface area contributed by atoms with Crippen molar-refractivity contribution in [2.45, 2.75) is 46.1 Å². The van der Waals surface area contributed by atoms with Gasteiger partial charge in [0.15, 0.2) is 5.65 Å². The highest BCUT2D eigenvalue weighted by Crippen LogP contribution is 2.38. The van der Waals surface area contributed by atoms with Gasteiger partial charge in [0, 0.05) is 11.7 Å². The maximum Gasteiger partial charge on any atom is 0.202 e. The van der Waals surface area contributed by atoms with E-state index in [-0.39, 0.29) is 0 Å². The molecule has 0 amide bonds. The number of imidazole rings is 1. The molecule has 0 aliphatic heterocycles. The van der Waals surface area contributed by atoms with E-state index in [1.54, 1.807) is 0 Å². The Morgan fingerprint density at radius 1 is 1.16 bits per heavy atom. The van der Waals surface area contributed by atoms with Gasteiger partial charge in [0.2, 0.25) is 5.95 Å². The highest BCUT2D eigenvalue weighted by Gasteiger charge is 2.28. The van der Waals surface area contributed by atoms with Crippen LogP contribution in [0.2, 0.25) is 0 Å². The minimum Gasteiger partial charge on any atom is -0.369 e. The molecule has 3 unspecified atom stereocenters. The van der Waals surface area contributed by atoms with Crippen molar-refractivity contribution >= 4 is 17.1 Å². The van der Waals surface area contributed by atoms with Crippen LogP contribution in [0.5, 0.6) is 0 Å². The molecule has 19 heavy (non-hydrogen) atoms. The van der Waals surface area contributed by atoms with E-state index in [4.69, 9.17) is 5.73 Å². The Kier molecular flexibility index (Phi) is 2.96. The minimum atomic E-state index is 0.450. The van der Waals surface area contributed by atoms with Gasteiger partial charge in [-0.1, -0.05) is 13.8 Å². The van der Waals surface area contributed by atoms with E-state index < -0.39 is 0 Å². The van der Waals surface area contributed by atoms with Gasteiger partial charge in [-0.15, -0.1) is 0 Å². The fourth-order valence-electron chi connectivity index (χ4n) is 3.20. The van der Waals surface area contributed by atoms with Crippen LogP contribution < -0.4 is 5.73 Å². The van der Waals surface area contributed by atoms with Crippen LogP contribution in [0.1, 0.15) is 44.8 Å². The first-order chi connectivity index (χ1) is 9.06. The second kappa shape index (κ2) is 4.51. The lowest BCUT2D eigenvalue weighted by atomic mass is 9.79. The monoisotopic (exact) mass is 258 g/mol. The largest absolute Gasteiger partial charge is 0.369 e. The van der Waals surface area contributed by atoms with Crippen LogP contribution in [0.3, 0.4) is 0 Å². The van der Waals surface area contributed by atoms with Crippen molar-refractivity contribution in [3.05, 3.63) is 17.8 Å². The number of anilines is 1. The van der Waals surface area contributed by atoms with Gasteiger partial charge in [0.25, 0.3) is 0 Å². The summed E-state index contributed by atoms with van der Waals surface area (Å²) < 4.78 is 2.16. The summed E-state index contributed by atoms with van der Waals surface area (Å²) in [5.41, 5.74) is 9.01. The number of aromatic nitrogens is 3. The Labute approximate surface area is 114 Å². The zero-order valence-electron chi connectivity index (χ0n) is 11.9. The Hall–Kier alpha value is -1.58. The van der Waals surface area contributed by atoms with Crippen molar-refractivity contribution in [3.8, 4) is 0 Å². The van der Waals surface area contributed by atoms with Gasteiger partial charge in [-0.25, -0.2) is 9.97 Å². The molecule has 2 aromatic rings. The van der Waals surface area contributed by atoms with Crippen LogP contribution in [0.15, 0.2) is 12.1 Å². The summed E-state index contributed by atoms with van der Waals surface area (Å²) in [4.78, 5) is 9.09. The van der Waals surface area contributed by atoms with Gasteiger partial charge in [0.1, 0.15) is 5.52 Å². The van der Waals surface area contributed by atoms with E-state index in [9.17, 15) is 0 Å². The van der Waals surface area contributed by atoms with Crippen molar-refractivity contribution in [1.29, 1.82) is 0 Å². The number of rotatable bonds is 1. The molecule has 1 aliphatic rings. The highest BCUT2D eigenvalue weighted by atomic mass is 15.2. The third-order valence-corrected chi connectivity index (χ3v) is 4.64. The fraction of sp³-hybridized carbons (Fsp3) is 0.600. The number of nitrogens with two attached hydrogens (primary N) is 1. The van der Waals surface area contributed by atoms with E-state index in [0.29, 0.717) is 12.0 Å². The Balaban J connectivity index is 2.04. The lowest BCUT2D eigenvalue weighted by Crippen LogP contribution is -2.24. The van der Waals surface area contributed by atoms with Crippen molar-refractivity contribution in [2.24, 2.45) is 11.8 Å². The van der Waals surface area contributed by atoms with E-state index in [1.807, 2.05) is 19.1 Å². The predicted molar refractivity (Wildman–Crippen MR) is 77.9 cm³/mol. The average molecular weight is 258 g/mol. The van der Waals surface area contributed by atoms with E-state index in [2.05, 4.69) is 28.4 Å². The molecular weight excluding hydrogens is 236 g/mol. The molecule has 0 spiro atoms. The van der Waals surface area contributed by atoms with Gasteiger partial charge >= 0.3 is 0 Å². The minimum absolute atomic E-state index is 0.450. The third kappa shape index (κ3) is 2.09. The average Bonchev–Trinajstić information content (AvgIpc) is 2.68. The molecule has 3 atom stereocenters. The topological polar surface area (TPSA) is 56.7 Å². The number of nitrogens with zero attached hydrogens (tertiary/aromatic N) is 3. The number of fused-ring (bicyclic) bond motifs is 1. The Morgan fingerprint density at radius 3 is 2.68 bits per heavy atom. The first kappa shape index (κ1) is 12.5. The maximum absolute atomic E-state index is 6.13. The molecule has 1 aliphatic carbocycles. The van der Waals surface area contributed by atoms with Crippen LogP contribution in [0.4, 0.5) is 5.95 Å². The molecule has 0 radical (unpaired) electrons. The van der Waals surface area contributed by atoms with E-state index >= 15 is 0 Å². The normalized spacial score (nSPS) is 27.8. The quantitative estimate of drug-likeness (QED) is 0.853. The summed E-state index contributed by atoms with van der Waals surface area (Å²) in [6.45, 7) is 6.70. The summed E-state index contributed by atoms with van der Waals surface area (Å²) in [6, 6.07) is 4.45. The lowest BCUT2D eigenvalue weighted by Gasteiger charge is -2.33. The maximum atomic E-state index is 6.13. The zero-order chi connectivity index (χ0) is 13.6. The summed E-state index contributed by atoms with van der Waals surface area (Å²) in [5.74, 6) is 2.15. The number of hydrogen-bond donors (Lipinski definition) is 1. The van der Waals surface area contributed by atoms with Gasteiger partial charge < -0.3 is 5.73 Å². The third-order valence-electron chi connectivity index (χ3n) is 4.64. The standard InChI is InChI=1S/C15H22N4/c1-9-4-6-12(8-10(9)2)19-14-13(18-15(19)16)7-5-11(3)17-14/h5,7,9-10,12H,4,6,8H2,1-3H3,(H2,16,18). The molecule has 0 saturated heterocycles. The second-order valence-corrected chi connectivity index (χ2v) is 6.06. The summed E-state index contributed by atoms with van der Waals surface area (Å²) >= 11 is 0. The molecule has 1 saturated carbocycles. The van der Waals surface area contributed by atoms with Gasteiger partial charge in [-0.05, 0) is 50.2 Å². The number of nitrogen functional groups attached to an aromatic ring is 1. The number of pyridine rings is 1. The van der Waals surface area contributed by atoms with Gasteiger partial charge in [0.05, 0.1) is 0 Å². The molecule has 2 N–H and O–H groups in total. The van der Waals surface area contributed by atoms with Crippen LogP contribution in [-0.2, 0) is 0 Å². The second-order valence-electron chi connectivity index (χ2n) is 6.06. The molecule has 0 bridgehead atoms. The Bertz CT molecular complexity index is 601. The van der Waals surface area contributed by atoms with Crippen LogP contribution in [0, 0.1) is 18.8 Å². The van der Waals surface area contributed by atoms with Crippen molar-refractivity contribution in [3.63, 3.8) is 0 Å². The first-order valence-electron chi connectivity index (χ1n) is 7.17. The molecule has 4 heteroatoms. The number of aryl methyl sites for hydroxylation is 1. The smallest absolute Gasteiger partial charge is 0.202 e. The fourth-order valence-corrected chi connectivity index (χ4v) is 3.20. The molecule has 1 fully saturated rings. The molecule has 4 nitrogen and oxygen atoms in total. The Morgan fingerprint density at radius 2 is 1.95 bits per heavy atom. The summed E-state index contributed by atoms with van der Waals surface area (Å²) in [5, 5.41) is 0. The SMILES string of the molecule is Cc1ccc2nc(N)n(C3CCC(C)C(C)C3)c2n1. The molecular formula is C15H22N4. The number of hydrogen-bond acceptors (Lipinski definition) is 3. The lowest BCUT2D eigenvalue weighted by molar-refractivity contribution is 0.214. The highest BCUT2D eigenvalue weighted by molar-refractivity contribution is 5.74.